The quantitative estimate of drug-likeness (QED) is 0.617. The second-order valence-corrected chi connectivity index (χ2v) is 5.87. The van der Waals surface area contributed by atoms with E-state index in [4.69, 9.17) is 11.6 Å². The number of hydrogen-bond donors (Lipinski definition) is 2. The molecule has 1 aromatic rings. The van der Waals surface area contributed by atoms with Gasteiger partial charge in [-0.1, -0.05) is 19.3 Å². The fourth-order valence-corrected chi connectivity index (χ4v) is 2.72. The molecule has 1 aliphatic rings. The maximum atomic E-state index is 13.2. The summed E-state index contributed by atoms with van der Waals surface area (Å²) in [7, 11) is 0. The number of nitrogens with zero attached hydrogens (tertiary/aromatic N) is 3. The molecule has 0 bridgehead atoms. The Balaban J connectivity index is 2.17. The summed E-state index contributed by atoms with van der Waals surface area (Å²) < 4.78 is 26.4. The number of alkyl halides is 3. The summed E-state index contributed by atoms with van der Waals surface area (Å²) in [6.45, 7) is 1.96. The summed E-state index contributed by atoms with van der Waals surface area (Å²) in [5, 5.41) is 1.42. The highest BCUT2D eigenvalue weighted by Gasteiger charge is 2.33. The summed E-state index contributed by atoms with van der Waals surface area (Å²) >= 11 is 4.96. The third-order valence-corrected chi connectivity index (χ3v) is 3.96. The van der Waals surface area contributed by atoms with E-state index in [1.807, 2.05) is 6.92 Å². The lowest BCUT2D eigenvalue weighted by molar-refractivity contribution is -0.105. The number of anilines is 2. The molecule has 0 spiro atoms. The van der Waals surface area contributed by atoms with Crippen LogP contribution in [0.2, 0.25) is 0 Å². The number of hydrogen-bond acceptors (Lipinski definition) is 5. The van der Waals surface area contributed by atoms with Crippen LogP contribution >= 0.6 is 11.6 Å². The van der Waals surface area contributed by atoms with Gasteiger partial charge in [-0.25, -0.2) is 0 Å². The van der Waals surface area contributed by atoms with Gasteiger partial charge in [-0.2, -0.15) is 23.7 Å². The molecule has 2 N–H and O–H groups in total. The number of rotatable bonds is 6. The lowest BCUT2D eigenvalue weighted by atomic mass is 9.85. The van der Waals surface area contributed by atoms with Crippen LogP contribution in [0, 0.1) is 5.92 Å². The highest BCUT2D eigenvalue weighted by atomic mass is 35.5. The Hall–Kier alpha value is -1.57. The van der Waals surface area contributed by atoms with Crippen molar-refractivity contribution in [3.8, 4) is 0 Å². The zero-order valence-electron chi connectivity index (χ0n) is 12.2. The molecule has 2 rings (SSSR count). The Kier molecular flexibility index (Phi) is 5.44. The molecule has 1 aliphatic carbocycles. The molecular weight excluding hydrogens is 316 g/mol. The van der Waals surface area contributed by atoms with E-state index in [0.29, 0.717) is 12.3 Å². The first-order valence-corrected chi connectivity index (χ1v) is 7.58. The predicted molar refractivity (Wildman–Crippen MR) is 78.9 cm³/mol. The van der Waals surface area contributed by atoms with Gasteiger partial charge >= 0.3 is 5.38 Å². The second kappa shape index (κ2) is 7.13. The summed E-state index contributed by atoms with van der Waals surface area (Å²) in [6.07, 6.45) is 6.02. The van der Waals surface area contributed by atoms with Gasteiger partial charge in [-0.3, -0.25) is 10.1 Å². The molecule has 1 saturated carbocycles. The van der Waals surface area contributed by atoms with E-state index in [2.05, 4.69) is 25.6 Å². The van der Waals surface area contributed by atoms with E-state index in [0.717, 1.165) is 25.7 Å². The first-order valence-electron chi connectivity index (χ1n) is 7.20. The van der Waals surface area contributed by atoms with Crippen molar-refractivity contribution in [1.29, 1.82) is 0 Å². The van der Waals surface area contributed by atoms with E-state index < -0.39 is 11.2 Å². The first-order chi connectivity index (χ1) is 10.4. The molecule has 1 amide bonds. The topological polar surface area (TPSA) is 79.8 Å². The SMILES string of the molecule is CC(Nc1nc(NC=O)nc(C(F)(F)Cl)n1)C1CCCCC1. The van der Waals surface area contributed by atoms with E-state index in [-0.39, 0.29) is 17.9 Å². The Morgan fingerprint density at radius 1 is 1.23 bits per heavy atom. The van der Waals surface area contributed by atoms with E-state index >= 15 is 0 Å². The third kappa shape index (κ3) is 4.46. The van der Waals surface area contributed by atoms with Gasteiger partial charge in [0.2, 0.25) is 24.1 Å². The van der Waals surface area contributed by atoms with Gasteiger partial charge in [0.1, 0.15) is 0 Å². The molecule has 1 aromatic heterocycles. The van der Waals surface area contributed by atoms with Crippen LogP contribution in [0.4, 0.5) is 20.7 Å². The normalized spacial score (nSPS) is 17.8. The van der Waals surface area contributed by atoms with Crippen molar-refractivity contribution < 1.29 is 13.6 Å². The van der Waals surface area contributed by atoms with Gasteiger partial charge < -0.3 is 5.32 Å². The molecule has 0 aliphatic heterocycles. The molecule has 6 nitrogen and oxygen atoms in total. The third-order valence-electron chi connectivity index (χ3n) is 3.79. The minimum Gasteiger partial charge on any atom is -0.351 e. The van der Waals surface area contributed by atoms with Gasteiger partial charge in [0, 0.05) is 6.04 Å². The molecule has 9 heteroatoms. The van der Waals surface area contributed by atoms with Gasteiger partial charge in [-0.05, 0) is 37.3 Å². The van der Waals surface area contributed by atoms with Crippen molar-refractivity contribution >= 4 is 29.9 Å². The number of aromatic nitrogens is 3. The van der Waals surface area contributed by atoms with Crippen molar-refractivity contribution in [3.05, 3.63) is 5.82 Å². The van der Waals surface area contributed by atoms with Gasteiger partial charge in [-0.15, -0.1) is 0 Å². The number of nitrogens with one attached hydrogen (secondary N) is 2. The number of carbonyl (C=O) groups excluding carboxylic acids is 1. The van der Waals surface area contributed by atoms with Crippen LogP contribution in [-0.4, -0.2) is 27.4 Å². The molecule has 22 heavy (non-hydrogen) atoms. The first kappa shape index (κ1) is 16.8. The van der Waals surface area contributed by atoms with Crippen LogP contribution in [-0.2, 0) is 10.2 Å². The average Bonchev–Trinajstić information content (AvgIpc) is 2.47. The van der Waals surface area contributed by atoms with Gasteiger partial charge in [0.25, 0.3) is 0 Å². The highest BCUT2D eigenvalue weighted by Crippen LogP contribution is 2.31. The zero-order chi connectivity index (χ0) is 16.2. The fourth-order valence-electron chi connectivity index (χ4n) is 2.64. The summed E-state index contributed by atoms with van der Waals surface area (Å²) in [5.74, 6) is -0.744. The summed E-state index contributed by atoms with van der Waals surface area (Å²) in [4.78, 5) is 21.4. The average molecular weight is 334 g/mol. The predicted octanol–water partition coefficient (Wildman–Crippen LogP) is 3.11. The standard InChI is InChI=1S/C13H18ClF2N5O/c1-8(9-5-3-2-4-6-9)18-12-20-10(13(14,15)16)19-11(21-12)17-7-22/h7-9H,2-6H2,1H3,(H2,17,18,19,20,21,22). The minimum absolute atomic E-state index is 0.0206. The van der Waals surface area contributed by atoms with Crippen LogP contribution in [0.1, 0.15) is 44.9 Å². The summed E-state index contributed by atoms with van der Waals surface area (Å²) in [6, 6.07) is 0.0311. The highest BCUT2D eigenvalue weighted by molar-refractivity contribution is 6.21. The molecular formula is C13H18ClF2N5O. The van der Waals surface area contributed by atoms with Crippen molar-refractivity contribution in [2.75, 3.05) is 10.6 Å². The Bertz CT molecular complexity index is 520. The van der Waals surface area contributed by atoms with E-state index in [1.54, 1.807) is 0 Å². The van der Waals surface area contributed by atoms with Crippen LogP contribution in [0.15, 0.2) is 0 Å². The Morgan fingerprint density at radius 2 is 1.86 bits per heavy atom. The smallest absolute Gasteiger partial charge is 0.351 e. The molecule has 0 aromatic carbocycles. The van der Waals surface area contributed by atoms with E-state index in [1.165, 1.54) is 6.42 Å². The van der Waals surface area contributed by atoms with Crippen LogP contribution in [0.5, 0.6) is 0 Å². The Labute approximate surface area is 132 Å². The second-order valence-electron chi connectivity index (χ2n) is 5.40. The molecule has 122 valence electrons. The molecule has 0 saturated heterocycles. The van der Waals surface area contributed by atoms with Crippen LogP contribution in [0.25, 0.3) is 0 Å². The van der Waals surface area contributed by atoms with Crippen LogP contribution < -0.4 is 10.6 Å². The molecule has 1 atom stereocenters. The lowest BCUT2D eigenvalue weighted by Gasteiger charge is -2.28. The minimum atomic E-state index is -3.73. The Morgan fingerprint density at radius 3 is 2.45 bits per heavy atom. The number of halogens is 3. The van der Waals surface area contributed by atoms with Gasteiger partial charge in [0.15, 0.2) is 0 Å². The van der Waals surface area contributed by atoms with Crippen LogP contribution in [0.3, 0.4) is 0 Å². The maximum absolute atomic E-state index is 13.2. The monoisotopic (exact) mass is 333 g/mol. The molecule has 1 heterocycles. The number of carbonyl (C=O) groups is 1. The fraction of sp³-hybridized carbons (Fsp3) is 0.692. The number of amides is 1. The maximum Gasteiger partial charge on any atom is 0.381 e. The molecule has 1 fully saturated rings. The van der Waals surface area contributed by atoms with E-state index in [9.17, 15) is 13.6 Å². The summed E-state index contributed by atoms with van der Waals surface area (Å²) in [5.41, 5.74) is 0. The lowest BCUT2D eigenvalue weighted by Crippen LogP contribution is -2.29. The zero-order valence-corrected chi connectivity index (χ0v) is 12.9. The van der Waals surface area contributed by atoms with Crippen molar-refractivity contribution in [3.63, 3.8) is 0 Å². The van der Waals surface area contributed by atoms with Crippen molar-refractivity contribution in [1.82, 2.24) is 15.0 Å². The van der Waals surface area contributed by atoms with Crippen molar-refractivity contribution in [2.45, 2.75) is 50.5 Å². The molecule has 0 radical (unpaired) electrons. The largest absolute Gasteiger partial charge is 0.381 e. The molecule has 1 unspecified atom stereocenters. The van der Waals surface area contributed by atoms with Gasteiger partial charge in [0.05, 0.1) is 0 Å². The van der Waals surface area contributed by atoms with Crippen molar-refractivity contribution in [2.24, 2.45) is 5.92 Å².